The summed E-state index contributed by atoms with van der Waals surface area (Å²) in [5.41, 5.74) is 1.31. The second-order valence-corrected chi connectivity index (χ2v) is 7.63. The van der Waals surface area contributed by atoms with Crippen molar-refractivity contribution in [3.63, 3.8) is 0 Å². The van der Waals surface area contributed by atoms with Crippen LogP contribution in [0.5, 0.6) is 0 Å². The molecular formula is C26H20O. The van der Waals surface area contributed by atoms with Gasteiger partial charge in [0.1, 0.15) is 5.60 Å². The molecule has 1 heterocycles. The molecule has 0 spiro atoms. The van der Waals surface area contributed by atoms with Crippen LogP contribution < -0.4 is 0 Å². The van der Waals surface area contributed by atoms with Crippen LogP contribution in [0, 0.1) is 11.8 Å². The predicted molar refractivity (Wildman–Crippen MR) is 112 cm³/mol. The first-order chi connectivity index (χ1) is 13.1. The van der Waals surface area contributed by atoms with Crippen molar-refractivity contribution in [1.82, 2.24) is 0 Å². The molecule has 0 N–H and O–H groups in total. The average Bonchev–Trinajstić information content (AvgIpc) is 3.28. The number of benzene rings is 4. The van der Waals surface area contributed by atoms with Gasteiger partial charge in [-0.2, -0.15) is 0 Å². The Morgan fingerprint density at radius 3 is 2.15 bits per heavy atom. The highest BCUT2D eigenvalue weighted by Crippen LogP contribution is 2.55. The number of hydrogen-bond acceptors (Lipinski definition) is 1. The zero-order valence-corrected chi connectivity index (χ0v) is 15.5. The van der Waals surface area contributed by atoms with E-state index >= 15 is 0 Å². The van der Waals surface area contributed by atoms with Crippen LogP contribution in [0.15, 0.2) is 84.9 Å². The number of epoxide rings is 1. The topological polar surface area (TPSA) is 12.5 Å². The molecule has 0 saturated carbocycles. The van der Waals surface area contributed by atoms with E-state index in [9.17, 15) is 0 Å². The summed E-state index contributed by atoms with van der Waals surface area (Å²) in [6.45, 7) is 4.22. The van der Waals surface area contributed by atoms with Gasteiger partial charge in [-0.1, -0.05) is 84.6 Å². The largest absolute Gasteiger partial charge is 0.345 e. The second-order valence-electron chi connectivity index (χ2n) is 7.63. The van der Waals surface area contributed by atoms with Gasteiger partial charge in [0, 0.05) is 5.56 Å². The van der Waals surface area contributed by atoms with E-state index in [4.69, 9.17) is 4.74 Å². The normalized spacial score (nSPS) is 20.2. The van der Waals surface area contributed by atoms with Crippen molar-refractivity contribution in [2.45, 2.75) is 25.0 Å². The Morgan fingerprint density at radius 2 is 1.37 bits per heavy atom. The van der Waals surface area contributed by atoms with Gasteiger partial charge in [-0.25, -0.2) is 0 Å². The molecule has 130 valence electrons. The monoisotopic (exact) mass is 348 g/mol. The van der Waals surface area contributed by atoms with Crippen molar-refractivity contribution in [3.8, 4) is 11.8 Å². The molecule has 1 atom stereocenters. The Bertz CT molecular complexity index is 1230. The summed E-state index contributed by atoms with van der Waals surface area (Å²) in [5.74, 6) is 6.90. The molecule has 0 aliphatic carbocycles. The Morgan fingerprint density at radius 1 is 0.704 bits per heavy atom. The third kappa shape index (κ3) is 2.53. The average molecular weight is 348 g/mol. The highest BCUT2D eigenvalue weighted by atomic mass is 16.6. The van der Waals surface area contributed by atoms with Gasteiger partial charge in [0.2, 0.25) is 0 Å². The number of fused-ring (bicyclic) bond motifs is 2. The third-order valence-electron chi connectivity index (χ3n) is 5.53. The van der Waals surface area contributed by atoms with Crippen molar-refractivity contribution in [2.24, 2.45) is 0 Å². The zero-order valence-electron chi connectivity index (χ0n) is 15.5. The molecule has 1 unspecified atom stereocenters. The highest BCUT2D eigenvalue weighted by Gasteiger charge is 2.64. The Labute approximate surface area is 159 Å². The first-order valence-corrected chi connectivity index (χ1v) is 9.29. The lowest BCUT2D eigenvalue weighted by Crippen LogP contribution is -2.16. The van der Waals surface area contributed by atoms with E-state index in [1.54, 1.807) is 0 Å². The quantitative estimate of drug-likeness (QED) is 0.301. The summed E-state index contributed by atoms with van der Waals surface area (Å²) in [6, 6.07) is 29.6. The minimum atomic E-state index is -0.562. The van der Waals surface area contributed by atoms with E-state index in [0.717, 1.165) is 11.1 Å². The van der Waals surface area contributed by atoms with Gasteiger partial charge in [0.05, 0.1) is 0 Å². The molecule has 5 rings (SSSR count). The Balaban J connectivity index is 1.64. The van der Waals surface area contributed by atoms with E-state index in [0.29, 0.717) is 0 Å². The number of ether oxygens (including phenoxy) is 1. The minimum Gasteiger partial charge on any atom is -0.345 e. The highest BCUT2D eigenvalue weighted by molar-refractivity contribution is 5.88. The van der Waals surface area contributed by atoms with Gasteiger partial charge in [0.15, 0.2) is 5.60 Å². The maximum Gasteiger partial charge on any atom is 0.183 e. The number of hydrogen-bond donors (Lipinski definition) is 0. The van der Waals surface area contributed by atoms with Crippen LogP contribution >= 0.6 is 0 Å². The van der Waals surface area contributed by atoms with E-state index in [2.05, 4.69) is 111 Å². The van der Waals surface area contributed by atoms with Crippen LogP contribution in [0.25, 0.3) is 21.5 Å². The molecule has 0 radical (unpaired) electrons. The summed E-state index contributed by atoms with van der Waals surface area (Å²) in [5, 5.41) is 4.84. The van der Waals surface area contributed by atoms with Crippen LogP contribution in [-0.4, -0.2) is 5.60 Å². The lowest BCUT2D eigenvalue weighted by molar-refractivity contribution is 0.305. The minimum absolute atomic E-state index is 0.299. The van der Waals surface area contributed by atoms with Gasteiger partial charge in [-0.3, -0.25) is 0 Å². The molecule has 0 bridgehead atoms. The molecule has 0 aromatic heterocycles. The zero-order chi connectivity index (χ0) is 18.5. The Hall–Kier alpha value is -3.08. The lowest BCUT2D eigenvalue weighted by atomic mass is 9.87. The van der Waals surface area contributed by atoms with Crippen LogP contribution in [0.4, 0.5) is 0 Å². The molecule has 27 heavy (non-hydrogen) atoms. The van der Waals surface area contributed by atoms with E-state index in [1.165, 1.54) is 21.5 Å². The lowest BCUT2D eigenvalue weighted by Gasteiger charge is -2.10. The molecule has 0 amide bonds. The molecule has 1 nitrogen and oxygen atoms in total. The van der Waals surface area contributed by atoms with Crippen molar-refractivity contribution in [1.29, 1.82) is 0 Å². The molecule has 4 aromatic carbocycles. The van der Waals surface area contributed by atoms with Crippen LogP contribution in [0.2, 0.25) is 0 Å². The predicted octanol–water partition coefficient (Wildman–Crippen LogP) is 6.05. The third-order valence-corrected chi connectivity index (χ3v) is 5.53. The van der Waals surface area contributed by atoms with Crippen LogP contribution in [0.3, 0.4) is 0 Å². The van der Waals surface area contributed by atoms with Crippen molar-refractivity contribution in [2.75, 3.05) is 0 Å². The summed E-state index contributed by atoms with van der Waals surface area (Å²) < 4.78 is 6.19. The first-order valence-electron chi connectivity index (χ1n) is 9.29. The smallest absolute Gasteiger partial charge is 0.183 e. The van der Waals surface area contributed by atoms with Crippen LogP contribution in [-0.2, 0) is 10.3 Å². The SMILES string of the molecule is CC1(C)OC1(C#Cc1cccc2ccccc12)c1ccc2ccccc2c1. The summed E-state index contributed by atoms with van der Waals surface area (Å²) in [4.78, 5) is 0. The van der Waals surface area contributed by atoms with E-state index in [-0.39, 0.29) is 5.60 Å². The molecule has 1 fully saturated rings. The fourth-order valence-corrected chi connectivity index (χ4v) is 3.91. The van der Waals surface area contributed by atoms with Gasteiger partial charge in [-0.05, 0) is 53.1 Å². The fraction of sp³-hybridized carbons (Fsp3) is 0.154. The van der Waals surface area contributed by atoms with Gasteiger partial charge in [-0.15, -0.1) is 0 Å². The Kier molecular flexibility index (Phi) is 3.41. The van der Waals surface area contributed by atoms with Crippen molar-refractivity contribution >= 4 is 21.5 Å². The molecule has 4 aromatic rings. The summed E-state index contributed by atoms with van der Waals surface area (Å²) in [7, 11) is 0. The second kappa shape index (κ2) is 5.71. The molecule has 1 heteroatoms. The van der Waals surface area contributed by atoms with Crippen LogP contribution in [0.1, 0.15) is 25.0 Å². The maximum atomic E-state index is 6.19. The molecular weight excluding hydrogens is 328 g/mol. The number of rotatable bonds is 1. The fourth-order valence-electron chi connectivity index (χ4n) is 3.91. The van der Waals surface area contributed by atoms with Gasteiger partial charge < -0.3 is 4.74 Å². The van der Waals surface area contributed by atoms with Crippen molar-refractivity contribution in [3.05, 3.63) is 96.1 Å². The molecule has 1 aliphatic heterocycles. The van der Waals surface area contributed by atoms with E-state index in [1.807, 2.05) is 0 Å². The molecule has 1 aliphatic rings. The maximum absolute atomic E-state index is 6.19. The van der Waals surface area contributed by atoms with Gasteiger partial charge in [0.25, 0.3) is 0 Å². The van der Waals surface area contributed by atoms with E-state index < -0.39 is 5.60 Å². The van der Waals surface area contributed by atoms with Crippen molar-refractivity contribution < 1.29 is 4.74 Å². The molecule has 1 saturated heterocycles. The van der Waals surface area contributed by atoms with Gasteiger partial charge >= 0.3 is 0 Å². The summed E-state index contributed by atoms with van der Waals surface area (Å²) in [6.07, 6.45) is 0. The first kappa shape index (κ1) is 16.1. The summed E-state index contributed by atoms with van der Waals surface area (Å²) >= 11 is 0. The standard InChI is InChI=1S/C26H20O/c1-25(2)26(27-25,23-15-14-19-8-3-4-10-22(19)18-23)17-16-21-12-7-11-20-9-5-6-13-24(20)21/h3-15,18H,1-2H3.